The number of rotatable bonds is 0. The van der Waals surface area contributed by atoms with E-state index in [4.69, 9.17) is 10.5 Å². The molecule has 0 radical (unpaired) electrons. The molecule has 0 aromatic carbocycles. The quantitative estimate of drug-likeness (QED) is 0.769. The maximum absolute atomic E-state index is 12.0. The molecule has 6 nitrogen and oxygen atoms in total. The zero-order chi connectivity index (χ0) is 14.2. The lowest BCUT2D eigenvalue weighted by Gasteiger charge is -2.26. The highest BCUT2D eigenvalue weighted by Gasteiger charge is 2.26. The molecule has 1 aromatic rings. The Kier molecular flexibility index (Phi) is 3.43. The van der Waals surface area contributed by atoms with Crippen LogP contribution in [0, 0.1) is 0 Å². The molecule has 106 valence electrons. The molecule has 0 saturated carbocycles. The van der Waals surface area contributed by atoms with Gasteiger partial charge in [-0.3, -0.25) is 4.68 Å². The van der Waals surface area contributed by atoms with E-state index in [1.54, 1.807) is 9.58 Å². The lowest BCUT2D eigenvalue weighted by Crippen LogP contribution is -2.38. The number of hydrogen-bond donors (Lipinski definition) is 1. The average molecular weight is 266 g/mol. The minimum Gasteiger partial charge on any atom is -0.444 e. The Bertz CT molecular complexity index is 488. The van der Waals surface area contributed by atoms with Crippen LogP contribution < -0.4 is 5.73 Å². The van der Waals surface area contributed by atoms with Crippen molar-refractivity contribution in [3.05, 3.63) is 11.3 Å². The molecule has 0 aliphatic carbocycles. The highest BCUT2D eigenvalue weighted by atomic mass is 16.6. The Morgan fingerprint density at radius 3 is 2.58 bits per heavy atom. The molecule has 1 aromatic heterocycles. The average Bonchev–Trinajstić information content (AvgIpc) is 2.48. The van der Waals surface area contributed by atoms with Crippen molar-refractivity contribution >= 4 is 11.9 Å². The number of aryl methyl sites for hydroxylation is 1. The number of ether oxygens (including phenoxy) is 1. The Morgan fingerprint density at radius 1 is 1.32 bits per heavy atom. The molecule has 2 heterocycles. The highest BCUT2D eigenvalue weighted by molar-refractivity contribution is 5.68. The third-order valence-corrected chi connectivity index (χ3v) is 3.18. The first-order chi connectivity index (χ1) is 8.78. The molecule has 2 N–H and O–H groups in total. The number of anilines is 1. The summed E-state index contributed by atoms with van der Waals surface area (Å²) in [6, 6.07) is 0. The van der Waals surface area contributed by atoms with E-state index in [0.717, 1.165) is 24.1 Å². The first-order valence-corrected chi connectivity index (χ1v) is 6.56. The van der Waals surface area contributed by atoms with Crippen LogP contribution in [0.1, 0.15) is 32.0 Å². The number of aromatic nitrogens is 2. The standard InChI is InChI=1S/C13H22N4O2/c1-13(2,3)19-12(18)17-7-5-9-10(6-8-17)15-16(4)11(9)14/h5-8,14H2,1-4H3. The van der Waals surface area contributed by atoms with Crippen LogP contribution in [0.15, 0.2) is 0 Å². The minimum absolute atomic E-state index is 0.263. The van der Waals surface area contributed by atoms with Crippen molar-refractivity contribution < 1.29 is 9.53 Å². The number of nitrogen functional groups attached to an aromatic ring is 1. The van der Waals surface area contributed by atoms with Crippen molar-refractivity contribution in [2.75, 3.05) is 18.8 Å². The third kappa shape index (κ3) is 3.00. The van der Waals surface area contributed by atoms with Gasteiger partial charge in [0, 0.05) is 32.1 Å². The fourth-order valence-corrected chi connectivity index (χ4v) is 2.22. The van der Waals surface area contributed by atoms with E-state index in [9.17, 15) is 4.79 Å². The summed E-state index contributed by atoms with van der Waals surface area (Å²) >= 11 is 0. The summed E-state index contributed by atoms with van der Waals surface area (Å²) in [6.07, 6.45) is 1.19. The molecule has 1 amide bonds. The van der Waals surface area contributed by atoms with Crippen LogP contribution in [0.25, 0.3) is 0 Å². The van der Waals surface area contributed by atoms with E-state index in [0.29, 0.717) is 18.9 Å². The van der Waals surface area contributed by atoms with Gasteiger partial charge in [0.2, 0.25) is 0 Å². The molecular formula is C13H22N4O2. The zero-order valence-electron chi connectivity index (χ0n) is 12.1. The van der Waals surface area contributed by atoms with E-state index < -0.39 is 5.60 Å². The molecule has 6 heteroatoms. The molecule has 0 fully saturated rings. The van der Waals surface area contributed by atoms with Crippen molar-refractivity contribution in [1.82, 2.24) is 14.7 Å². The van der Waals surface area contributed by atoms with Gasteiger partial charge in [-0.2, -0.15) is 5.10 Å². The van der Waals surface area contributed by atoms with Gasteiger partial charge in [-0.15, -0.1) is 0 Å². The van der Waals surface area contributed by atoms with Crippen LogP contribution >= 0.6 is 0 Å². The van der Waals surface area contributed by atoms with Crippen LogP contribution in [-0.4, -0.2) is 39.5 Å². The molecule has 0 unspecified atom stereocenters. The Balaban J connectivity index is 2.06. The summed E-state index contributed by atoms with van der Waals surface area (Å²) < 4.78 is 7.09. The predicted molar refractivity (Wildman–Crippen MR) is 72.8 cm³/mol. The molecule has 0 spiro atoms. The van der Waals surface area contributed by atoms with E-state index in [-0.39, 0.29) is 6.09 Å². The molecule has 2 rings (SSSR count). The molecule has 0 saturated heterocycles. The van der Waals surface area contributed by atoms with Crippen LogP contribution in [0.3, 0.4) is 0 Å². The van der Waals surface area contributed by atoms with Crippen molar-refractivity contribution in [3.8, 4) is 0 Å². The van der Waals surface area contributed by atoms with Gasteiger partial charge in [0.1, 0.15) is 11.4 Å². The van der Waals surface area contributed by atoms with E-state index in [2.05, 4.69) is 5.10 Å². The number of carbonyl (C=O) groups excluding carboxylic acids is 1. The molecule has 1 aliphatic heterocycles. The number of carbonyl (C=O) groups is 1. The molecular weight excluding hydrogens is 244 g/mol. The monoisotopic (exact) mass is 266 g/mol. The van der Waals surface area contributed by atoms with Crippen molar-refractivity contribution in [2.24, 2.45) is 7.05 Å². The summed E-state index contributed by atoms with van der Waals surface area (Å²) in [5, 5.41) is 4.39. The largest absolute Gasteiger partial charge is 0.444 e. The van der Waals surface area contributed by atoms with Gasteiger partial charge in [0.25, 0.3) is 0 Å². The predicted octanol–water partition coefficient (Wildman–Crippen LogP) is 1.34. The number of hydrogen-bond acceptors (Lipinski definition) is 4. The van der Waals surface area contributed by atoms with Gasteiger partial charge in [-0.25, -0.2) is 4.79 Å². The minimum atomic E-state index is -0.463. The van der Waals surface area contributed by atoms with Crippen LogP contribution in [0.2, 0.25) is 0 Å². The number of nitrogens with two attached hydrogens (primary N) is 1. The van der Waals surface area contributed by atoms with Gasteiger partial charge in [0.15, 0.2) is 0 Å². The molecule has 19 heavy (non-hydrogen) atoms. The Morgan fingerprint density at radius 2 is 1.95 bits per heavy atom. The Hall–Kier alpha value is -1.72. The second-order valence-electron chi connectivity index (χ2n) is 5.90. The van der Waals surface area contributed by atoms with Crippen LogP contribution in [0.5, 0.6) is 0 Å². The van der Waals surface area contributed by atoms with Gasteiger partial charge in [-0.1, -0.05) is 0 Å². The third-order valence-electron chi connectivity index (χ3n) is 3.18. The lowest BCUT2D eigenvalue weighted by atomic mass is 10.1. The topological polar surface area (TPSA) is 73.4 Å². The van der Waals surface area contributed by atoms with E-state index in [1.165, 1.54) is 0 Å². The first kappa shape index (κ1) is 13.7. The second-order valence-corrected chi connectivity index (χ2v) is 5.90. The smallest absolute Gasteiger partial charge is 0.410 e. The first-order valence-electron chi connectivity index (χ1n) is 6.56. The SMILES string of the molecule is Cn1nc2c(c1N)CCN(C(=O)OC(C)(C)C)CC2. The summed E-state index contributed by atoms with van der Waals surface area (Å²) in [5.74, 6) is 0.695. The van der Waals surface area contributed by atoms with Crippen molar-refractivity contribution in [1.29, 1.82) is 0 Å². The number of fused-ring (bicyclic) bond motifs is 1. The van der Waals surface area contributed by atoms with E-state index >= 15 is 0 Å². The number of nitrogens with zero attached hydrogens (tertiary/aromatic N) is 3. The molecule has 0 atom stereocenters. The molecule has 1 aliphatic rings. The van der Waals surface area contributed by atoms with Crippen molar-refractivity contribution in [2.45, 2.75) is 39.2 Å². The van der Waals surface area contributed by atoms with Gasteiger partial charge < -0.3 is 15.4 Å². The zero-order valence-corrected chi connectivity index (χ0v) is 12.1. The Labute approximate surface area is 113 Å². The van der Waals surface area contributed by atoms with Crippen LogP contribution in [-0.2, 0) is 24.6 Å². The van der Waals surface area contributed by atoms with Gasteiger partial charge >= 0.3 is 6.09 Å². The summed E-state index contributed by atoms with van der Waals surface area (Å²) in [6.45, 7) is 6.86. The summed E-state index contributed by atoms with van der Waals surface area (Å²) in [5.41, 5.74) is 7.57. The highest BCUT2D eigenvalue weighted by Crippen LogP contribution is 2.21. The van der Waals surface area contributed by atoms with Crippen molar-refractivity contribution in [3.63, 3.8) is 0 Å². The summed E-state index contributed by atoms with van der Waals surface area (Å²) in [4.78, 5) is 13.8. The maximum atomic E-state index is 12.0. The lowest BCUT2D eigenvalue weighted by molar-refractivity contribution is 0.0258. The van der Waals surface area contributed by atoms with Gasteiger partial charge in [-0.05, 0) is 27.2 Å². The number of amides is 1. The van der Waals surface area contributed by atoms with Crippen LogP contribution in [0.4, 0.5) is 10.6 Å². The molecule has 0 bridgehead atoms. The van der Waals surface area contributed by atoms with E-state index in [1.807, 2.05) is 27.8 Å². The normalized spacial score (nSPS) is 15.9. The van der Waals surface area contributed by atoms with Gasteiger partial charge in [0.05, 0.1) is 5.69 Å². The fourth-order valence-electron chi connectivity index (χ4n) is 2.22. The summed E-state index contributed by atoms with van der Waals surface area (Å²) in [7, 11) is 1.84. The maximum Gasteiger partial charge on any atom is 0.410 e. The fraction of sp³-hybridized carbons (Fsp3) is 0.692. The second kappa shape index (κ2) is 4.75.